The summed E-state index contributed by atoms with van der Waals surface area (Å²) in [4.78, 5) is 18.4. The highest BCUT2D eigenvalue weighted by molar-refractivity contribution is 7.99. The first-order chi connectivity index (χ1) is 12.3. The topological polar surface area (TPSA) is 42.0 Å². The van der Waals surface area contributed by atoms with Gasteiger partial charge in [0.05, 0.1) is 18.2 Å². The zero-order valence-electron chi connectivity index (χ0n) is 13.6. The smallest absolute Gasteiger partial charge is 0.226 e. The van der Waals surface area contributed by atoms with Gasteiger partial charge in [-0.2, -0.15) is 0 Å². The van der Waals surface area contributed by atoms with Crippen LogP contribution in [0.3, 0.4) is 0 Å². The molecule has 3 nitrogen and oxygen atoms in total. The molecule has 25 heavy (non-hydrogen) atoms. The summed E-state index contributed by atoms with van der Waals surface area (Å²) in [5.41, 5.74) is 3.16. The van der Waals surface area contributed by atoms with Crippen molar-refractivity contribution in [3.8, 4) is 10.6 Å². The largest absolute Gasteiger partial charge is 0.349 e. The van der Waals surface area contributed by atoms with Crippen LogP contribution in [-0.2, 0) is 11.2 Å². The molecule has 1 aromatic heterocycles. The van der Waals surface area contributed by atoms with E-state index in [1.165, 1.54) is 10.5 Å². The number of carbonyl (C=O) groups excluding carboxylic acids is 1. The molecule has 0 saturated heterocycles. The van der Waals surface area contributed by atoms with E-state index >= 15 is 0 Å². The number of hydrogen-bond donors (Lipinski definition) is 1. The summed E-state index contributed by atoms with van der Waals surface area (Å²) in [6.07, 6.45) is 1.30. The molecule has 0 saturated carbocycles. The van der Waals surface area contributed by atoms with Gasteiger partial charge in [-0.25, -0.2) is 4.98 Å². The van der Waals surface area contributed by atoms with E-state index in [1.54, 1.807) is 11.3 Å². The minimum absolute atomic E-state index is 0.0385. The number of hydrogen-bond acceptors (Lipinski definition) is 4. The van der Waals surface area contributed by atoms with E-state index in [9.17, 15) is 4.79 Å². The van der Waals surface area contributed by atoms with Crippen LogP contribution in [0.4, 0.5) is 0 Å². The highest BCUT2D eigenvalue weighted by Crippen LogP contribution is 2.35. The second-order valence-corrected chi connectivity index (χ2v) is 7.98. The monoisotopic (exact) mass is 366 g/mol. The van der Waals surface area contributed by atoms with Crippen molar-refractivity contribution in [3.05, 3.63) is 71.2 Å². The number of benzene rings is 2. The highest BCUT2D eigenvalue weighted by atomic mass is 32.2. The van der Waals surface area contributed by atoms with E-state index in [-0.39, 0.29) is 11.9 Å². The fourth-order valence-electron chi connectivity index (χ4n) is 3.00. The summed E-state index contributed by atoms with van der Waals surface area (Å²) in [6.45, 7) is 0. The second-order valence-electron chi connectivity index (χ2n) is 5.98. The van der Waals surface area contributed by atoms with Crippen molar-refractivity contribution in [1.82, 2.24) is 10.3 Å². The van der Waals surface area contributed by atoms with E-state index in [0.29, 0.717) is 6.42 Å². The Balaban J connectivity index is 1.43. The maximum atomic E-state index is 12.5. The lowest BCUT2D eigenvalue weighted by molar-refractivity contribution is -0.121. The zero-order chi connectivity index (χ0) is 17.1. The Kier molecular flexibility index (Phi) is 4.85. The van der Waals surface area contributed by atoms with Gasteiger partial charge in [0.2, 0.25) is 5.91 Å². The summed E-state index contributed by atoms with van der Waals surface area (Å²) < 4.78 is 0. The van der Waals surface area contributed by atoms with Crippen LogP contribution in [-0.4, -0.2) is 16.6 Å². The third-order valence-electron chi connectivity index (χ3n) is 4.21. The van der Waals surface area contributed by atoms with E-state index in [1.807, 2.05) is 53.5 Å². The van der Waals surface area contributed by atoms with Crippen LogP contribution in [0.15, 0.2) is 64.9 Å². The first-order valence-electron chi connectivity index (χ1n) is 8.30. The number of thioether (sulfide) groups is 1. The molecular formula is C20H18N2OS2. The molecule has 5 heteroatoms. The maximum Gasteiger partial charge on any atom is 0.226 e. The Labute approximate surface area is 155 Å². The van der Waals surface area contributed by atoms with E-state index in [0.717, 1.165) is 28.4 Å². The van der Waals surface area contributed by atoms with Crippen molar-refractivity contribution < 1.29 is 4.79 Å². The van der Waals surface area contributed by atoms with Gasteiger partial charge in [-0.05, 0) is 18.1 Å². The molecule has 0 spiro atoms. The van der Waals surface area contributed by atoms with Gasteiger partial charge in [0.1, 0.15) is 5.01 Å². The van der Waals surface area contributed by atoms with Gasteiger partial charge in [0, 0.05) is 21.6 Å². The van der Waals surface area contributed by atoms with Crippen LogP contribution < -0.4 is 5.32 Å². The fourth-order valence-corrected chi connectivity index (χ4v) is 4.95. The Morgan fingerprint density at radius 2 is 1.92 bits per heavy atom. The maximum absolute atomic E-state index is 12.5. The molecule has 126 valence electrons. The van der Waals surface area contributed by atoms with Crippen LogP contribution in [0.2, 0.25) is 0 Å². The molecule has 1 N–H and O–H groups in total. The van der Waals surface area contributed by atoms with Crippen LogP contribution in [0.1, 0.15) is 23.7 Å². The Morgan fingerprint density at radius 1 is 1.12 bits per heavy atom. The third-order valence-corrected chi connectivity index (χ3v) is 6.27. The van der Waals surface area contributed by atoms with E-state index in [2.05, 4.69) is 28.5 Å². The fraction of sp³-hybridized carbons (Fsp3) is 0.200. The van der Waals surface area contributed by atoms with Gasteiger partial charge >= 0.3 is 0 Å². The summed E-state index contributed by atoms with van der Waals surface area (Å²) >= 11 is 3.45. The highest BCUT2D eigenvalue weighted by Gasteiger charge is 2.22. The van der Waals surface area contributed by atoms with Gasteiger partial charge in [-0.3, -0.25) is 4.79 Å². The quantitative estimate of drug-likeness (QED) is 0.727. The Morgan fingerprint density at radius 3 is 2.80 bits per heavy atom. The van der Waals surface area contributed by atoms with Crippen LogP contribution in [0.5, 0.6) is 0 Å². The third kappa shape index (κ3) is 3.78. The lowest BCUT2D eigenvalue weighted by Crippen LogP contribution is -2.31. The molecule has 0 bridgehead atoms. The molecule has 0 fully saturated rings. The number of fused-ring (bicyclic) bond motifs is 1. The van der Waals surface area contributed by atoms with Crippen molar-refractivity contribution >= 4 is 29.0 Å². The lowest BCUT2D eigenvalue weighted by atomic mass is 10.0. The lowest BCUT2D eigenvalue weighted by Gasteiger charge is -2.25. The molecule has 1 aliphatic heterocycles. The molecule has 0 radical (unpaired) electrons. The van der Waals surface area contributed by atoms with E-state index in [4.69, 9.17) is 0 Å². The Hall–Kier alpha value is -2.11. The summed E-state index contributed by atoms with van der Waals surface area (Å²) in [6, 6.07) is 18.5. The molecule has 1 amide bonds. The van der Waals surface area contributed by atoms with Crippen molar-refractivity contribution in [2.75, 3.05) is 5.75 Å². The number of carbonyl (C=O) groups is 1. The predicted octanol–water partition coefficient (Wildman–Crippen LogP) is 4.71. The van der Waals surface area contributed by atoms with Crippen molar-refractivity contribution in [3.63, 3.8) is 0 Å². The van der Waals surface area contributed by atoms with Gasteiger partial charge < -0.3 is 5.32 Å². The molecule has 0 aliphatic carbocycles. The van der Waals surface area contributed by atoms with Crippen molar-refractivity contribution in [2.24, 2.45) is 0 Å². The normalized spacial score (nSPS) is 16.2. The number of nitrogens with one attached hydrogen (secondary N) is 1. The molecule has 1 aliphatic rings. The standard InChI is InChI=1S/C20H18N2OS2/c23-19(22-17-10-11-24-18-9-5-4-8-16(17)18)12-15-13-25-20(21-15)14-6-2-1-3-7-14/h1-9,13,17H,10-12H2,(H,22,23)/t17-/m0/s1. The summed E-state index contributed by atoms with van der Waals surface area (Å²) in [5, 5.41) is 6.12. The minimum atomic E-state index is 0.0385. The van der Waals surface area contributed by atoms with Crippen LogP contribution >= 0.6 is 23.1 Å². The van der Waals surface area contributed by atoms with Gasteiger partial charge in [0.25, 0.3) is 0 Å². The summed E-state index contributed by atoms with van der Waals surface area (Å²) in [5.74, 6) is 1.08. The molecule has 4 rings (SSSR count). The van der Waals surface area contributed by atoms with Crippen LogP contribution in [0, 0.1) is 0 Å². The average molecular weight is 367 g/mol. The SMILES string of the molecule is O=C(Cc1csc(-c2ccccc2)n1)N[C@H]1CCSc2ccccc21. The Bertz CT molecular complexity index is 876. The number of amides is 1. The average Bonchev–Trinajstić information content (AvgIpc) is 3.11. The summed E-state index contributed by atoms with van der Waals surface area (Å²) in [7, 11) is 0. The van der Waals surface area contributed by atoms with E-state index < -0.39 is 0 Å². The molecule has 2 heterocycles. The van der Waals surface area contributed by atoms with Gasteiger partial charge in [-0.1, -0.05) is 48.5 Å². The van der Waals surface area contributed by atoms with Crippen molar-refractivity contribution in [1.29, 1.82) is 0 Å². The molecule has 1 atom stereocenters. The van der Waals surface area contributed by atoms with Crippen molar-refractivity contribution in [2.45, 2.75) is 23.8 Å². The minimum Gasteiger partial charge on any atom is -0.349 e. The first kappa shape index (κ1) is 16.4. The number of thiazole rings is 1. The number of rotatable bonds is 4. The molecule has 0 unspecified atom stereocenters. The van der Waals surface area contributed by atoms with Crippen LogP contribution in [0.25, 0.3) is 10.6 Å². The molecular weight excluding hydrogens is 348 g/mol. The predicted molar refractivity (Wildman–Crippen MR) is 104 cm³/mol. The first-order valence-corrected chi connectivity index (χ1v) is 10.2. The van der Waals surface area contributed by atoms with Gasteiger partial charge in [0.15, 0.2) is 0 Å². The van der Waals surface area contributed by atoms with Gasteiger partial charge in [-0.15, -0.1) is 23.1 Å². The molecule has 3 aromatic rings. The second kappa shape index (κ2) is 7.42. The number of nitrogens with zero attached hydrogens (tertiary/aromatic N) is 1. The zero-order valence-corrected chi connectivity index (χ0v) is 15.3. The number of aromatic nitrogens is 1. The molecule has 2 aromatic carbocycles.